The number of hydrogen-bond donors (Lipinski definition) is 1. The molecule has 5 aromatic rings. The topological polar surface area (TPSA) is 95.7 Å². The van der Waals surface area contributed by atoms with E-state index in [2.05, 4.69) is 15.3 Å². The first-order valence-electron chi connectivity index (χ1n) is 11.6. The van der Waals surface area contributed by atoms with Crippen LogP contribution in [0, 0.1) is 0 Å². The van der Waals surface area contributed by atoms with Gasteiger partial charge in [0.1, 0.15) is 5.69 Å². The number of carbonyl (C=O) groups is 2. The van der Waals surface area contributed by atoms with Gasteiger partial charge in [-0.15, -0.1) is 11.3 Å². The van der Waals surface area contributed by atoms with Crippen molar-refractivity contribution < 1.29 is 9.59 Å². The average Bonchev–Trinajstić information content (AvgIpc) is 3.47. The first-order valence-corrected chi connectivity index (χ1v) is 12.5. The molecule has 2 amide bonds. The number of anilines is 1. The molecule has 36 heavy (non-hydrogen) atoms. The number of carbonyl (C=O) groups excluding carboxylic acids is 2. The minimum atomic E-state index is -0.337. The molecule has 0 unspecified atom stereocenters. The van der Waals surface area contributed by atoms with Crippen LogP contribution in [0.15, 0.2) is 66.3 Å². The second-order valence-electron chi connectivity index (χ2n) is 8.80. The molecule has 1 N–H and O–H groups in total. The quantitative estimate of drug-likeness (QED) is 0.399. The number of nitrogens with zero attached hydrogens (tertiary/aromatic N) is 6. The van der Waals surface area contributed by atoms with E-state index >= 15 is 0 Å². The SMILES string of the molecule is CN1CCN(Cc2csc3nc(-c4ccccc4NC(=O)c4cnc5ccccc5n4)cn23)C(=O)C1. The Morgan fingerprint density at radius 3 is 2.72 bits per heavy atom. The van der Waals surface area contributed by atoms with E-state index < -0.39 is 0 Å². The number of hydrogen-bond acceptors (Lipinski definition) is 7. The van der Waals surface area contributed by atoms with Crippen molar-refractivity contribution in [3.8, 4) is 11.3 Å². The molecule has 1 aliphatic heterocycles. The summed E-state index contributed by atoms with van der Waals surface area (Å²) in [5.74, 6) is -0.204. The molecule has 4 heterocycles. The predicted molar refractivity (Wildman–Crippen MR) is 139 cm³/mol. The molecular formula is C26H23N7O2S. The van der Waals surface area contributed by atoms with Crippen molar-refractivity contribution in [2.24, 2.45) is 0 Å². The highest BCUT2D eigenvalue weighted by molar-refractivity contribution is 7.15. The van der Waals surface area contributed by atoms with Gasteiger partial charge >= 0.3 is 0 Å². The minimum Gasteiger partial charge on any atom is -0.334 e. The summed E-state index contributed by atoms with van der Waals surface area (Å²) in [5, 5.41) is 5.02. The standard InChI is InChI=1S/C26H23N7O2S/c1-31-10-11-32(24(34)15-31)13-17-16-36-26-30-23(14-33(17)26)18-6-2-3-7-19(18)29-25(35)22-12-27-20-8-4-5-9-21(20)28-22/h2-9,12,14,16H,10-11,13,15H2,1H3,(H,29,35). The van der Waals surface area contributed by atoms with Gasteiger partial charge in [-0.05, 0) is 25.2 Å². The molecule has 9 nitrogen and oxygen atoms in total. The van der Waals surface area contributed by atoms with Crippen LogP contribution in [0.25, 0.3) is 27.3 Å². The molecule has 10 heteroatoms. The largest absolute Gasteiger partial charge is 0.334 e. The number of piperazine rings is 1. The zero-order chi connectivity index (χ0) is 24.6. The molecule has 0 atom stereocenters. The molecule has 1 saturated heterocycles. The van der Waals surface area contributed by atoms with Crippen molar-refractivity contribution in [3.05, 3.63) is 77.7 Å². The Hall–Kier alpha value is -4.15. The smallest absolute Gasteiger partial charge is 0.275 e. The zero-order valence-electron chi connectivity index (χ0n) is 19.6. The lowest BCUT2D eigenvalue weighted by molar-refractivity contribution is -0.136. The third-order valence-corrected chi connectivity index (χ3v) is 7.17. The van der Waals surface area contributed by atoms with Gasteiger partial charge in [-0.25, -0.2) is 9.97 Å². The maximum absolute atomic E-state index is 13.0. The van der Waals surface area contributed by atoms with E-state index in [4.69, 9.17) is 4.98 Å². The summed E-state index contributed by atoms with van der Waals surface area (Å²) in [7, 11) is 1.96. The van der Waals surface area contributed by atoms with Crippen LogP contribution in [0.2, 0.25) is 0 Å². The number of likely N-dealkylation sites (N-methyl/N-ethyl adjacent to an activating group) is 1. The second-order valence-corrected chi connectivity index (χ2v) is 9.64. The number of fused-ring (bicyclic) bond motifs is 2. The van der Waals surface area contributed by atoms with Crippen LogP contribution in [-0.4, -0.2) is 67.6 Å². The number of para-hydroxylation sites is 3. The fourth-order valence-corrected chi connectivity index (χ4v) is 5.19. The van der Waals surface area contributed by atoms with E-state index in [1.54, 1.807) is 0 Å². The van der Waals surface area contributed by atoms with E-state index in [9.17, 15) is 9.59 Å². The maximum atomic E-state index is 13.0. The van der Waals surface area contributed by atoms with Crippen molar-refractivity contribution in [1.82, 2.24) is 29.2 Å². The number of imidazole rings is 1. The lowest BCUT2D eigenvalue weighted by Crippen LogP contribution is -2.48. The Morgan fingerprint density at radius 1 is 1.06 bits per heavy atom. The van der Waals surface area contributed by atoms with Gasteiger partial charge < -0.3 is 10.2 Å². The average molecular weight is 498 g/mol. The van der Waals surface area contributed by atoms with Crippen molar-refractivity contribution in [3.63, 3.8) is 0 Å². The Kier molecular flexibility index (Phi) is 5.67. The van der Waals surface area contributed by atoms with Crippen molar-refractivity contribution in [1.29, 1.82) is 0 Å². The normalized spacial score (nSPS) is 14.6. The van der Waals surface area contributed by atoms with Gasteiger partial charge in [0, 0.05) is 30.2 Å². The predicted octanol–water partition coefficient (Wildman–Crippen LogP) is 3.53. The molecule has 6 rings (SSSR count). The summed E-state index contributed by atoms with van der Waals surface area (Å²) in [6.45, 7) is 2.56. The second kappa shape index (κ2) is 9.14. The molecule has 3 aromatic heterocycles. The number of thiazole rings is 1. The highest BCUT2D eigenvalue weighted by Gasteiger charge is 2.23. The lowest BCUT2D eigenvalue weighted by Gasteiger charge is -2.31. The van der Waals surface area contributed by atoms with E-state index in [0.29, 0.717) is 30.8 Å². The molecule has 0 spiro atoms. The van der Waals surface area contributed by atoms with Crippen molar-refractivity contribution in [2.45, 2.75) is 6.54 Å². The maximum Gasteiger partial charge on any atom is 0.275 e. The van der Waals surface area contributed by atoms with Gasteiger partial charge in [0.15, 0.2) is 4.96 Å². The highest BCUT2D eigenvalue weighted by Crippen LogP contribution is 2.30. The van der Waals surface area contributed by atoms with Crippen LogP contribution < -0.4 is 5.32 Å². The Morgan fingerprint density at radius 2 is 1.86 bits per heavy atom. The van der Waals surface area contributed by atoms with Gasteiger partial charge in [0.2, 0.25) is 5.91 Å². The fourth-order valence-electron chi connectivity index (χ4n) is 4.33. The number of aromatic nitrogens is 4. The number of amides is 2. The molecule has 180 valence electrons. The van der Waals surface area contributed by atoms with E-state index in [-0.39, 0.29) is 17.5 Å². The minimum absolute atomic E-state index is 0.133. The molecule has 0 radical (unpaired) electrons. The van der Waals surface area contributed by atoms with Crippen LogP contribution >= 0.6 is 11.3 Å². The monoisotopic (exact) mass is 497 g/mol. The number of rotatable bonds is 5. The van der Waals surface area contributed by atoms with Gasteiger partial charge in [-0.2, -0.15) is 0 Å². The van der Waals surface area contributed by atoms with E-state index in [0.717, 1.165) is 34.0 Å². The summed E-state index contributed by atoms with van der Waals surface area (Å²) < 4.78 is 2.03. The zero-order valence-corrected chi connectivity index (χ0v) is 20.4. The van der Waals surface area contributed by atoms with Gasteiger partial charge in [0.25, 0.3) is 5.91 Å². The Labute approximate surface area is 211 Å². The number of benzene rings is 2. The third-order valence-electron chi connectivity index (χ3n) is 6.28. The van der Waals surface area contributed by atoms with Gasteiger partial charge in [-0.3, -0.25) is 23.9 Å². The molecule has 1 aliphatic rings. The lowest BCUT2D eigenvalue weighted by atomic mass is 10.1. The van der Waals surface area contributed by atoms with Gasteiger partial charge in [-0.1, -0.05) is 30.3 Å². The molecule has 2 aromatic carbocycles. The van der Waals surface area contributed by atoms with Crippen LogP contribution in [0.1, 0.15) is 16.2 Å². The summed E-state index contributed by atoms with van der Waals surface area (Å²) in [4.78, 5) is 43.8. The fraction of sp³-hybridized carbons (Fsp3) is 0.192. The summed E-state index contributed by atoms with van der Waals surface area (Å²) in [5.41, 5.74) is 4.85. The third kappa shape index (κ3) is 4.21. The Balaban J connectivity index is 1.27. The van der Waals surface area contributed by atoms with E-state index in [1.807, 2.05) is 81.4 Å². The summed E-state index contributed by atoms with van der Waals surface area (Å²) in [6.07, 6.45) is 3.45. The Bertz CT molecular complexity index is 1610. The molecule has 0 bridgehead atoms. The first kappa shape index (κ1) is 22.3. The van der Waals surface area contributed by atoms with Crippen LogP contribution in [0.3, 0.4) is 0 Å². The first-order chi connectivity index (χ1) is 17.5. The highest BCUT2D eigenvalue weighted by atomic mass is 32.1. The van der Waals surface area contributed by atoms with Crippen LogP contribution in [0.4, 0.5) is 5.69 Å². The van der Waals surface area contributed by atoms with Gasteiger partial charge in [0.05, 0.1) is 47.4 Å². The molecule has 0 aliphatic carbocycles. The number of nitrogens with one attached hydrogen (secondary N) is 1. The summed E-state index contributed by atoms with van der Waals surface area (Å²) >= 11 is 1.54. The molecular weight excluding hydrogens is 474 g/mol. The summed E-state index contributed by atoms with van der Waals surface area (Å²) in [6, 6.07) is 15.0. The van der Waals surface area contributed by atoms with Crippen molar-refractivity contribution >= 4 is 44.8 Å². The van der Waals surface area contributed by atoms with E-state index in [1.165, 1.54) is 17.5 Å². The molecule has 0 saturated carbocycles. The molecule has 1 fully saturated rings. The van der Waals surface area contributed by atoms with Crippen molar-refractivity contribution in [2.75, 3.05) is 32.0 Å². The van der Waals surface area contributed by atoms with Crippen LogP contribution in [0.5, 0.6) is 0 Å². The van der Waals surface area contributed by atoms with Crippen LogP contribution in [-0.2, 0) is 11.3 Å².